The van der Waals surface area contributed by atoms with Crippen LogP contribution in [0.1, 0.15) is 11.1 Å². The van der Waals surface area contributed by atoms with Gasteiger partial charge in [0.15, 0.2) is 0 Å². The van der Waals surface area contributed by atoms with Gasteiger partial charge in [0.25, 0.3) is 0 Å². The molecule has 0 atom stereocenters. The second-order valence-electron chi connectivity index (χ2n) is 4.18. The Morgan fingerprint density at radius 1 is 1.17 bits per heavy atom. The van der Waals surface area contributed by atoms with Gasteiger partial charge >= 0.3 is 0 Å². The molecule has 0 radical (unpaired) electrons. The van der Waals surface area contributed by atoms with E-state index >= 15 is 0 Å². The zero-order valence-corrected chi connectivity index (χ0v) is 10.9. The SMILES string of the molecule is Cc1cscc1CNc1cnc2ccccc2n1. The molecule has 3 nitrogen and oxygen atoms in total. The predicted molar refractivity (Wildman–Crippen MR) is 75.9 cm³/mol. The van der Waals surface area contributed by atoms with Crippen molar-refractivity contribution in [2.75, 3.05) is 5.32 Å². The van der Waals surface area contributed by atoms with Gasteiger partial charge < -0.3 is 5.32 Å². The number of hydrogen-bond donors (Lipinski definition) is 1. The summed E-state index contributed by atoms with van der Waals surface area (Å²) in [7, 11) is 0. The number of fused-ring (bicyclic) bond motifs is 1. The molecular weight excluding hydrogens is 242 g/mol. The standard InChI is InChI=1S/C14H13N3S/c1-10-8-18-9-11(10)6-16-14-7-15-12-4-2-3-5-13(12)17-14/h2-5,7-9H,6H2,1H3,(H,16,17). The first-order valence-corrected chi connectivity index (χ1v) is 6.74. The van der Waals surface area contributed by atoms with Gasteiger partial charge in [0, 0.05) is 6.54 Å². The minimum atomic E-state index is 0.794. The van der Waals surface area contributed by atoms with E-state index in [1.165, 1.54) is 11.1 Å². The molecule has 0 bridgehead atoms. The van der Waals surface area contributed by atoms with Gasteiger partial charge in [0.05, 0.1) is 17.2 Å². The van der Waals surface area contributed by atoms with Gasteiger partial charge in [-0.25, -0.2) is 4.98 Å². The third-order valence-corrected chi connectivity index (χ3v) is 3.78. The Morgan fingerprint density at radius 2 is 2.00 bits per heavy atom. The Bertz CT molecular complexity index is 675. The van der Waals surface area contributed by atoms with Crippen molar-refractivity contribution >= 4 is 28.2 Å². The molecule has 3 rings (SSSR count). The summed E-state index contributed by atoms with van der Waals surface area (Å²) >= 11 is 1.73. The molecule has 4 heteroatoms. The normalized spacial score (nSPS) is 10.7. The fourth-order valence-electron chi connectivity index (χ4n) is 1.80. The lowest BCUT2D eigenvalue weighted by Gasteiger charge is -2.05. The molecule has 0 amide bonds. The second kappa shape index (κ2) is 4.74. The Morgan fingerprint density at radius 3 is 2.78 bits per heavy atom. The number of anilines is 1. The second-order valence-corrected chi connectivity index (χ2v) is 4.92. The largest absolute Gasteiger partial charge is 0.365 e. The summed E-state index contributed by atoms with van der Waals surface area (Å²) in [6, 6.07) is 7.89. The van der Waals surface area contributed by atoms with Crippen LogP contribution in [-0.4, -0.2) is 9.97 Å². The van der Waals surface area contributed by atoms with E-state index in [-0.39, 0.29) is 0 Å². The van der Waals surface area contributed by atoms with Crippen LogP contribution in [0.2, 0.25) is 0 Å². The van der Waals surface area contributed by atoms with Crippen LogP contribution >= 0.6 is 11.3 Å². The van der Waals surface area contributed by atoms with Gasteiger partial charge in [-0.1, -0.05) is 12.1 Å². The molecule has 1 aromatic carbocycles. The molecule has 3 aromatic rings. The van der Waals surface area contributed by atoms with Gasteiger partial charge in [0.2, 0.25) is 0 Å². The number of aryl methyl sites for hydroxylation is 1. The molecule has 0 unspecified atom stereocenters. The Labute approximate surface area is 110 Å². The Balaban J connectivity index is 1.81. The third kappa shape index (κ3) is 2.19. The topological polar surface area (TPSA) is 37.8 Å². The smallest absolute Gasteiger partial charge is 0.145 e. The minimum Gasteiger partial charge on any atom is -0.365 e. The molecule has 0 aliphatic carbocycles. The van der Waals surface area contributed by atoms with Crippen LogP contribution in [0.3, 0.4) is 0 Å². The van der Waals surface area contributed by atoms with E-state index in [2.05, 4.69) is 33.0 Å². The summed E-state index contributed by atoms with van der Waals surface area (Å²) in [5.74, 6) is 0.819. The molecular formula is C14H13N3S. The van der Waals surface area contributed by atoms with Crippen molar-refractivity contribution in [2.45, 2.75) is 13.5 Å². The van der Waals surface area contributed by atoms with Crippen LogP contribution in [0.15, 0.2) is 41.2 Å². The van der Waals surface area contributed by atoms with Crippen LogP contribution in [0.5, 0.6) is 0 Å². The van der Waals surface area contributed by atoms with E-state index < -0.39 is 0 Å². The van der Waals surface area contributed by atoms with E-state index in [9.17, 15) is 0 Å². The van der Waals surface area contributed by atoms with Gasteiger partial charge in [0.1, 0.15) is 5.82 Å². The zero-order chi connectivity index (χ0) is 12.4. The van der Waals surface area contributed by atoms with E-state index in [0.29, 0.717) is 0 Å². The van der Waals surface area contributed by atoms with Gasteiger partial charge in [-0.15, -0.1) is 0 Å². The van der Waals surface area contributed by atoms with Crippen molar-refractivity contribution < 1.29 is 0 Å². The Hall–Kier alpha value is -1.94. The molecule has 0 aliphatic heterocycles. The van der Waals surface area contributed by atoms with Gasteiger partial charge in [-0.2, -0.15) is 11.3 Å². The van der Waals surface area contributed by atoms with Crippen LogP contribution in [-0.2, 0) is 6.54 Å². The maximum Gasteiger partial charge on any atom is 0.145 e. The van der Waals surface area contributed by atoms with E-state index in [4.69, 9.17) is 0 Å². The maximum absolute atomic E-state index is 4.53. The highest BCUT2D eigenvalue weighted by molar-refractivity contribution is 7.08. The van der Waals surface area contributed by atoms with E-state index in [1.54, 1.807) is 17.5 Å². The van der Waals surface area contributed by atoms with Gasteiger partial charge in [-0.05, 0) is 40.9 Å². The van der Waals surface area contributed by atoms with Crippen molar-refractivity contribution in [3.8, 4) is 0 Å². The first kappa shape index (κ1) is 11.2. The zero-order valence-electron chi connectivity index (χ0n) is 10.1. The fourth-order valence-corrected chi connectivity index (χ4v) is 2.65. The fraction of sp³-hybridized carbons (Fsp3) is 0.143. The first-order valence-electron chi connectivity index (χ1n) is 5.80. The predicted octanol–water partition coefficient (Wildman–Crippen LogP) is 3.61. The van der Waals surface area contributed by atoms with E-state index in [1.807, 2.05) is 24.3 Å². The number of para-hydroxylation sites is 2. The molecule has 0 fully saturated rings. The van der Waals surface area contributed by atoms with Crippen LogP contribution in [0.25, 0.3) is 11.0 Å². The first-order chi connectivity index (χ1) is 8.83. The van der Waals surface area contributed by atoms with E-state index in [0.717, 1.165) is 23.4 Å². The number of thiophene rings is 1. The summed E-state index contributed by atoms with van der Waals surface area (Å²) in [5, 5.41) is 7.63. The maximum atomic E-state index is 4.53. The molecule has 0 saturated heterocycles. The summed E-state index contributed by atoms with van der Waals surface area (Å²) in [6.07, 6.45) is 1.78. The molecule has 1 N–H and O–H groups in total. The van der Waals surface area contributed by atoms with Crippen LogP contribution in [0.4, 0.5) is 5.82 Å². The van der Waals surface area contributed by atoms with Crippen molar-refractivity contribution in [3.63, 3.8) is 0 Å². The van der Waals surface area contributed by atoms with Crippen molar-refractivity contribution in [3.05, 3.63) is 52.3 Å². The highest BCUT2D eigenvalue weighted by Gasteiger charge is 2.01. The molecule has 2 heterocycles. The minimum absolute atomic E-state index is 0.794. The number of aromatic nitrogens is 2. The monoisotopic (exact) mass is 255 g/mol. The summed E-state index contributed by atoms with van der Waals surface area (Å²) in [6.45, 7) is 2.92. The Kier molecular flexibility index (Phi) is 2.94. The molecule has 2 aromatic heterocycles. The third-order valence-electron chi connectivity index (χ3n) is 2.87. The molecule has 0 spiro atoms. The number of benzene rings is 1. The van der Waals surface area contributed by atoms with Gasteiger partial charge in [-0.3, -0.25) is 4.98 Å². The lowest BCUT2D eigenvalue weighted by Crippen LogP contribution is -2.02. The number of nitrogens with one attached hydrogen (secondary N) is 1. The molecule has 0 aliphatic rings. The molecule has 18 heavy (non-hydrogen) atoms. The lowest BCUT2D eigenvalue weighted by atomic mass is 10.2. The highest BCUT2D eigenvalue weighted by atomic mass is 32.1. The van der Waals surface area contributed by atoms with Crippen molar-refractivity contribution in [1.29, 1.82) is 0 Å². The molecule has 90 valence electrons. The lowest BCUT2D eigenvalue weighted by molar-refractivity contribution is 1.10. The average molecular weight is 255 g/mol. The highest BCUT2D eigenvalue weighted by Crippen LogP contribution is 2.16. The summed E-state index contributed by atoms with van der Waals surface area (Å²) in [5.41, 5.74) is 4.48. The number of nitrogens with zero attached hydrogens (tertiary/aromatic N) is 2. The average Bonchev–Trinajstić information content (AvgIpc) is 2.82. The van der Waals surface area contributed by atoms with Crippen molar-refractivity contribution in [1.82, 2.24) is 9.97 Å². The summed E-state index contributed by atoms with van der Waals surface area (Å²) in [4.78, 5) is 8.92. The van der Waals surface area contributed by atoms with Crippen molar-refractivity contribution in [2.24, 2.45) is 0 Å². The summed E-state index contributed by atoms with van der Waals surface area (Å²) < 4.78 is 0. The number of hydrogen-bond acceptors (Lipinski definition) is 4. The quantitative estimate of drug-likeness (QED) is 0.777. The molecule has 0 saturated carbocycles. The number of rotatable bonds is 3. The van der Waals surface area contributed by atoms with Crippen LogP contribution < -0.4 is 5.32 Å². The van der Waals surface area contributed by atoms with Crippen LogP contribution in [0, 0.1) is 6.92 Å².